The Bertz CT molecular complexity index is 1710. The van der Waals surface area contributed by atoms with E-state index in [4.69, 9.17) is 0 Å². The van der Waals surface area contributed by atoms with Crippen LogP contribution in [-0.4, -0.2) is 6.15 Å². The molecule has 0 heterocycles. The molecule has 0 aliphatic rings. The van der Waals surface area contributed by atoms with Gasteiger partial charge in [-0.25, -0.2) is 8.78 Å². The van der Waals surface area contributed by atoms with E-state index in [1.54, 1.807) is 24.3 Å². The lowest BCUT2D eigenvalue weighted by Gasteiger charge is -2.44. The Morgan fingerprint density at radius 2 is 0.522 bits per heavy atom. The van der Waals surface area contributed by atoms with Crippen LogP contribution in [0.5, 0.6) is 0 Å². The van der Waals surface area contributed by atoms with Gasteiger partial charge in [-0.15, -0.1) is 0 Å². The topological polar surface area (TPSA) is 0 Å². The average molecular weight is 619 g/mol. The van der Waals surface area contributed by atoms with Crippen LogP contribution in [0.25, 0.3) is 0 Å². The zero-order valence-electron chi connectivity index (χ0n) is 25.3. The van der Waals surface area contributed by atoms with E-state index in [0.717, 1.165) is 14.7 Å². The second kappa shape index (κ2) is 14.7. The molecule has 0 saturated carbocycles. The molecule has 7 aromatic carbocycles. The van der Waals surface area contributed by atoms with Gasteiger partial charge in [0, 0.05) is 0 Å². The predicted molar refractivity (Wildman–Crippen MR) is 191 cm³/mol. The van der Waals surface area contributed by atoms with Gasteiger partial charge in [0.25, 0.3) is 0 Å². The first-order chi connectivity index (χ1) is 22.7. The van der Waals surface area contributed by atoms with E-state index in [2.05, 4.69) is 121 Å². The van der Waals surface area contributed by atoms with E-state index in [1.165, 1.54) is 46.1 Å². The Morgan fingerprint density at radius 1 is 0.283 bits per heavy atom. The van der Waals surface area contributed by atoms with Gasteiger partial charge in [-0.1, -0.05) is 140 Å². The fourth-order valence-corrected chi connectivity index (χ4v) is 8.29. The molecule has 0 unspecified atom stereocenters. The third-order valence-corrected chi connectivity index (χ3v) is 10.5. The summed E-state index contributed by atoms with van der Waals surface area (Å²) in [6.45, 7) is 0. The van der Waals surface area contributed by atoms with Crippen molar-refractivity contribution < 1.29 is 8.78 Å². The fourth-order valence-electron chi connectivity index (χ4n) is 6.23. The van der Waals surface area contributed by atoms with Crippen LogP contribution in [0.3, 0.4) is 0 Å². The van der Waals surface area contributed by atoms with E-state index in [-0.39, 0.29) is 22.5 Å². The van der Waals surface area contributed by atoms with Gasteiger partial charge in [0.1, 0.15) is 17.8 Å². The van der Waals surface area contributed by atoms with Crippen molar-refractivity contribution in [2.75, 3.05) is 0 Å². The van der Waals surface area contributed by atoms with E-state index in [0.29, 0.717) is 0 Å². The van der Waals surface area contributed by atoms with Gasteiger partial charge in [-0.2, -0.15) is 21.9 Å². The van der Waals surface area contributed by atoms with Crippen molar-refractivity contribution in [2.45, 2.75) is 14.7 Å². The first-order valence-corrected chi connectivity index (χ1v) is 16.6. The van der Waals surface area contributed by atoms with Crippen LogP contribution < -0.4 is 21.9 Å². The standard InChI is InChI=1S/C24H20B.C18H13F2S/c1-5-13-21(14-6-1)25(22-15-7-2-8-16-22,23-17-9-3-10-18-23)24-19-11-4-12-20-24;19-14-6-10-17(11-7-14)21(16-4-2-1-3-5-16)18-12-8-15(20)9-13-18/h1-20H;1-13H/q-1;+1. The molecule has 0 fully saturated rings. The third kappa shape index (κ3) is 6.73. The Morgan fingerprint density at radius 3 is 0.804 bits per heavy atom. The average Bonchev–Trinajstić information content (AvgIpc) is 3.13. The Kier molecular flexibility index (Phi) is 9.87. The summed E-state index contributed by atoms with van der Waals surface area (Å²) in [5.74, 6) is -0.510. The van der Waals surface area contributed by atoms with Gasteiger partial charge in [-0.05, 0) is 60.7 Å². The molecule has 0 aliphatic carbocycles. The molecule has 7 aromatic rings. The van der Waals surface area contributed by atoms with Crippen LogP contribution in [0.15, 0.2) is 215 Å². The van der Waals surface area contributed by atoms with E-state index in [1.807, 2.05) is 30.3 Å². The van der Waals surface area contributed by atoms with Crippen LogP contribution in [0.2, 0.25) is 0 Å². The van der Waals surface area contributed by atoms with Crippen molar-refractivity contribution >= 4 is 38.9 Å². The molecule has 0 aliphatic heterocycles. The first kappa shape index (κ1) is 30.8. The minimum Gasteiger partial charge on any atom is -0.207 e. The molecule has 0 nitrogen and oxygen atoms in total. The zero-order valence-corrected chi connectivity index (χ0v) is 26.1. The molecule has 0 spiro atoms. The Balaban J connectivity index is 0.000000164. The number of hydrogen-bond donors (Lipinski definition) is 0. The van der Waals surface area contributed by atoms with Crippen LogP contribution in [0.1, 0.15) is 0 Å². The summed E-state index contributed by atoms with van der Waals surface area (Å²) in [5.41, 5.74) is 5.36. The summed E-state index contributed by atoms with van der Waals surface area (Å²) < 4.78 is 26.3. The van der Waals surface area contributed by atoms with Crippen molar-refractivity contribution in [1.82, 2.24) is 0 Å². The normalized spacial score (nSPS) is 11.0. The van der Waals surface area contributed by atoms with Crippen molar-refractivity contribution in [3.8, 4) is 0 Å². The van der Waals surface area contributed by atoms with Gasteiger partial charge >= 0.3 is 0 Å². The lowest BCUT2D eigenvalue weighted by Crippen LogP contribution is -2.74. The van der Waals surface area contributed by atoms with Crippen LogP contribution in [0, 0.1) is 11.6 Å². The highest BCUT2D eigenvalue weighted by Crippen LogP contribution is 2.31. The van der Waals surface area contributed by atoms with Crippen LogP contribution in [0.4, 0.5) is 8.78 Å². The number of benzene rings is 7. The molecule has 0 aromatic heterocycles. The molecular weight excluding hydrogens is 585 g/mol. The molecular formula is C42H33BF2S. The highest BCUT2D eigenvalue weighted by molar-refractivity contribution is 7.97. The van der Waals surface area contributed by atoms with Crippen molar-refractivity contribution in [2.24, 2.45) is 0 Å². The minimum absolute atomic E-state index is 0.255. The third-order valence-electron chi connectivity index (χ3n) is 8.28. The van der Waals surface area contributed by atoms with Gasteiger partial charge in [-0.3, -0.25) is 0 Å². The lowest BCUT2D eigenvalue weighted by atomic mass is 9.13. The van der Waals surface area contributed by atoms with Gasteiger partial charge in [0.05, 0.1) is 10.9 Å². The van der Waals surface area contributed by atoms with E-state index in [9.17, 15) is 8.78 Å². The van der Waals surface area contributed by atoms with Crippen molar-refractivity contribution in [1.29, 1.82) is 0 Å². The SMILES string of the molecule is Fc1ccc([S+](c2ccccc2)c2ccc(F)cc2)cc1.c1ccc([B-](c2ccccc2)(c2ccccc2)c2ccccc2)cc1. The van der Waals surface area contributed by atoms with Crippen molar-refractivity contribution in [3.63, 3.8) is 0 Å². The summed E-state index contributed by atoms with van der Waals surface area (Å²) >= 11 is 0. The van der Waals surface area contributed by atoms with Crippen LogP contribution in [-0.2, 0) is 10.9 Å². The van der Waals surface area contributed by atoms with Gasteiger partial charge in [0.15, 0.2) is 14.7 Å². The molecule has 4 heteroatoms. The first-order valence-electron chi connectivity index (χ1n) is 15.3. The maximum absolute atomic E-state index is 13.2. The summed E-state index contributed by atoms with van der Waals surface area (Å²) in [6, 6.07) is 66.5. The lowest BCUT2D eigenvalue weighted by molar-refractivity contribution is 0.626. The second-order valence-electron chi connectivity index (χ2n) is 11.0. The minimum atomic E-state index is -1.22. The fraction of sp³-hybridized carbons (Fsp3) is 0. The smallest absolute Gasteiger partial charge is 0.166 e. The van der Waals surface area contributed by atoms with E-state index >= 15 is 0 Å². The number of hydrogen-bond acceptors (Lipinski definition) is 0. The maximum atomic E-state index is 13.2. The number of rotatable bonds is 7. The quantitative estimate of drug-likeness (QED) is 0.125. The summed E-state index contributed by atoms with van der Waals surface area (Å²) in [6.07, 6.45) is -1.22. The monoisotopic (exact) mass is 618 g/mol. The number of halogens is 2. The molecule has 0 bridgehead atoms. The van der Waals surface area contributed by atoms with Gasteiger partial charge in [0.2, 0.25) is 0 Å². The molecule has 46 heavy (non-hydrogen) atoms. The molecule has 0 N–H and O–H groups in total. The highest BCUT2D eigenvalue weighted by Gasteiger charge is 2.31. The highest BCUT2D eigenvalue weighted by atomic mass is 32.2. The van der Waals surface area contributed by atoms with Crippen LogP contribution >= 0.6 is 0 Å². The molecule has 7 rings (SSSR count). The molecule has 0 radical (unpaired) electrons. The maximum Gasteiger partial charge on any atom is 0.166 e. The molecule has 0 amide bonds. The largest absolute Gasteiger partial charge is 0.207 e. The molecule has 224 valence electrons. The summed E-state index contributed by atoms with van der Waals surface area (Å²) in [7, 11) is -0.365. The zero-order chi connectivity index (χ0) is 31.6. The molecule has 0 atom stereocenters. The van der Waals surface area contributed by atoms with E-state index < -0.39 is 6.15 Å². The summed E-state index contributed by atoms with van der Waals surface area (Å²) in [5, 5.41) is 0. The second-order valence-corrected chi connectivity index (χ2v) is 13.1. The Hall–Kier alpha value is -5.19. The van der Waals surface area contributed by atoms with Gasteiger partial charge < -0.3 is 0 Å². The Labute approximate surface area is 273 Å². The molecule has 0 saturated heterocycles. The van der Waals surface area contributed by atoms with Crippen molar-refractivity contribution in [3.05, 3.63) is 212 Å². The predicted octanol–water partition coefficient (Wildman–Crippen LogP) is 8.12. The summed E-state index contributed by atoms with van der Waals surface area (Å²) in [4.78, 5) is 3.14.